The third kappa shape index (κ3) is 3.36. The van der Waals surface area contributed by atoms with Gasteiger partial charge in [-0.25, -0.2) is 24.9 Å². The number of nitrogens with zero attached hydrogens (tertiary/aromatic N) is 7. The number of rotatable bonds is 3. The van der Waals surface area contributed by atoms with E-state index in [2.05, 4.69) is 29.8 Å². The van der Waals surface area contributed by atoms with Gasteiger partial charge in [-0.1, -0.05) is 0 Å². The fraction of sp³-hybridized carbons (Fsp3) is 0.316. The van der Waals surface area contributed by atoms with Gasteiger partial charge in [0, 0.05) is 31.4 Å². The van der Waals surface area contributed by atoms with Crippen LogP contribution in [0.4, 0.5) is 19.0 Å². The molecule has 0 saturated carbocycles. The third-order valence-corrected chi connectivity index (χ3v) is 5.17. The van der Waals surface area contributed by atoms with Crippen molar-refractivity contribution in [2.45, 2.75) is 24.9 Å². The number of piperidine rings is 1. The molecule has 11 heteroatoms. The summed E-state index contributed by atoms with van der Waals surface area (Å²) >= 11 is 0. The lowest BCUT2D eigenvalue weighted by Gasteiger charge is -2.32. The Kier molecular flexibility index (Phi) is 4.37. The first-order valence-electron chi connectivity index (χ1n) is 9.36. The highest BCUT2D eigenvalue weighted by Gasteiger charge is 2.33. The zero-order valence-electron chi connectivity index (χ0n) is 15.6. The van der Waals surface area contributed by atoms with E-state index >= 15 is 0 Å². The molecule has 4 aromatic rings. The standard InChI is InChI=1S/C19H16F3N7O/c20-19(21,22)15-9-29-14(6-25-17(29)7-24-15)18-23-4-3-16(27-18)28-5-1-2-12(8-28)13-10-30-11-26-13/h3-4,6-7,9-12H,1-2,5,8H2. The van der Waals surface area contributed by atoms with Gasteiger partial charge in [0.05, 0.1) is 18.1 Å². The van der Waals surface area contributed by atoms with E-state index < -0.39 is 11.9 Å². The minimum atomic E-state index is -4.55. The Bertz CT molecular complexity index is 1170. The molecular formula is C19H16F3N7O. The van der Waals surface area contributed by atoms with Gasteiger partial charge in [0.1, 0.15) is 17.8 Å². The Labute approximate surface area is 168 Å². The number of hydrogen-bond donors (Lipinski definition) is 0. The van der Waals surface area contributed by atoms with Crippen LogP contribution in [-0.4, -0.2) is 42.4 Å². The summed E-state index contributed by atoms with van der Waals surface area (Å²) in [6.45, 7) is 1.54. The number of oxazole rings is 1. The van der Waals surface area contributed by atoms with Gasteiger partial charge in [0.25, 0.3) is 0 Å². The third-order valence-electron chi connectivity index (χ3n) is 5.17. The van der Waals surface area contributed by atoms with E-state index in [4.69, 9.17) is 4.42 Å². The molecule has 5 heterocycles. The number of hydrogen-bond acceptors (Lipinski definition) is 7. The Morgan fingerprint density at radius 2 is 2.00 bits per heavy atom. The second-order valence-corrected chi connectivity index (χ2v) is 7.08. The summed E-state index contributed by atoms with van der Waals surface area (Å²) in [5, 5.41) is 0. The lowest BCUT2D eigenvalue weighted by Crippen LogP contribution is -2.35. The molecule has 0 aromatic carbocycles. The van der Waals surface area contributed by atoms with Crippen molar-refractivity contribution in [2.75, 3.05) is 18.0 Å². The molecule has 1 aliphatic heterocycles. The van der Waals surface area contributed by atoms with Crippen molar-refractivity contribution in [2.24, 2.45) is 0 Å². The first-order valence-corrected chi connectivity index (χ1v) is 9.36. The van der Waals surface area contributed by atoms with Gasteiger partial charge in [0.2, 0.25) is 0 Å². The molecule has 8 nitrogen and oxygen atoms in total. The van der Waals surface area contributed by atoms with Crippen LogP contribution in [0.3, 0.4) is 0 Å². The van der Waals surface area contributed by atoms with Gasteiger partial charge < -0.3 is 9.32 Å². The van der Waals surface area contributed by atoms with Crippen LogP contribution >= 0.6 is 0 Å². The summed E-state index contributed by atoms with van der Waals surface area (Å²) in [6.07, 6.45) is 5.54. The molecule has 0 aliphatic carbocycles. The highest BCUT2D eigenvalue weighted by atomic mass is 19.4. The van der Waals surface area contributed by atoms with E-state index in [1.807, 2.05) is 0 Å². The van der Waals surface area contributed by atoms with E-state index in [9.17, 15) is 13.2 Å². The predicted octanol–water partition coefficient (Wildman–Crippen LogP) is 3.58. The van der Waals surface area contributed by atoms with E-state index in [1.54, 1.807) is 18.5 Å². The molecule has 4 aromatic heterocycles. The monoisotopic (exact) mass is 415 g/mol. The number of alkyl halides is 3. The molecule has 154 valence electrons. The first kappa shape index (κ1) is 18.5. The maximum atomic E-state index is 13.1. The second-order valence-electron chi connectivity index (χ2n) is 7.08. The van der Waals surface area contributed by atoms with E-state index in [-0.39, 0.29) is 11.6 Å². The molecule has 1 saturated heterocycles. The van der Waals surface area contributed by atoms with E-state index in [0.717, 1.165) is 44.0 Å². The topological polar surface area (TPSA) is 85.2 Å². The van der Waals surface area contributed by atoms with Gasteiger partial charge in [-0.3, -0.25) is 4.40 Å². The highest BCUT2D eigenvalue weighted by Crippen LogP contribution is 2.30. The summed E-state index contributed by atoms with van der Waals surface area (Å²) in [5.74, 6) is 1.23. The van der Waals surface area contributed by atoms with Crippen LogP contribution in [0.2, 0.25) is 0 Å². The molecule has 0 amide bonds. The summed E-state index contributed by atoms with van der Waals surface area (Å²) < 4.78 is 45.6. The maximum Gasteiger partial charge on any atom is 0.434 e. The molecule has 1 atom stereocenters. The number of anilines is 1. The van der Waals surface area contributed by atoms with Crippen molar-refractivity contribution in [1.82, 2.24) is 29.3 Å². The van der Waals surface area contributed by atoms with Crippen molar-refractivity contribution in [3.8, 4) is 11.5 Å². The molecule has 0 bridgehead atoms. The molecule has 1 aliphatic rings. The van der Waals surface area contributed by atoms with Crippen molar-refractivity contribution < 1.29 is 17.6 Å². The number of halogens is 3. The number of aromatic nitrogens is 6. The predicted molar refractivity (Wildman–Crippen MR) is 99.7 cm³/mol. The van der Waals surface area contributed by atoms with E-state index in [0.29, 0.717) is 17.3 Å². The van der Waals surface area contributed by atoms with Gasteiger partial charge in [-0.15, -0.1) is 0 Å². The van der Waals surface area contributed by atoms with Crippen molar-refractivity contribution in [1.29, 1.82) is 0 Å². The average molecular weight is 415 g/mol. The summed E-state index contributed by atoms with van der Waals surface area (Å²) in [4.78, 5) is 22.8. The number of fused-ring (bicyclic) bond motifs is 1. The quantitative estimate of drug-likeness (QED) is 0.506. The van der Waals surface area contributed by atoms with Crippen LogP contribution in [0.5, 0.6) is 0 Å². The summed E-state index contributed by atoms with van der Waals surface area (Å²) in [6, 6.07) is 1.79. The van der Waals surface area contributed by atoms with Gasteiger partial charge in [-0.05, 0) is 18.9 Å². The van der Waals surface area contributed by atoms with E-state index in [1.165, 1.54) is 17.0 Å². The highest BCUT2D eigenvalue weighted by molar-refractivity contribution is 5.58. The fourth-order valence-corrected chi connectivity index (χ4v) is 3.70. The van der Waals surface area contributed by atoms with Crippen LogP contribution in [0.15, 0.2) is 47.9 Å². The molecule has 30 heavy (non-hydrogen) atoms. The molecule has 0 N–H and O–H groups in total. The Balaban J connectivity index is 1.48. The number of imidazole rings is 1. The first-order chi connectivity index (χ1) is 14.5. The van der Waals surface area contributed by atoms with Crippen molar-refractivity contribution >= 4 is 11.5 Å². The van der Waals surface area contributed by atoms with Crippen molar-refractivity contribution in [3.63, 3.8) is 0 Å². The minimum Gasteiger partial charge on any atom is -0.451 e. The van der Waals surface area contributed by atoms with Crippen LogP contribution in [-0.2, 0) is 6.18 Å². The molecule has 0 spiro atoms. The lowest BCUT2D eigenvalue weighted by molar-refractivity contribution is -0.141. The zero-order chi connectivity index (χ0) is 20.7. The Morgan fingerprint density at radius 3 is 2.80 bits per heavy atom. The Hall–Kier alpha value is -3.50. The Morgan fingerprint density at radius 1 is 1.10 bits per heavy atom. The van der Waals surface area contributed by atoms with Crippen LogP contribution in [0.25, 0.3) is 17.2 Å². The lowest BCUT2D eigenvalue weighted by atomic mass is 9.95. The molecular weight excluding hydrogens is 399 g/mol. The minimum absolute atomic E-state index is 0.229. The maximum absolute atomic E-state index is 13.1. The van der Waals surface area contributed by atoms with Gasteiger partial charge in [-0.2, -0.15) is 13.2 Å². The SMILES string of the molecule is FC(F)(F)c1cn2c(-c3nccc(N4CCCC(c5cocn5)C4)n3)cnc2cn1. The largest absolute Gasteiger partial charge is 0.451 e. The summed E-state index contributed by atoms with van der Waals surface area (Å²) in [5.41, 5.74) is 0.556. The molecule has 1 fully saturated rings. The van der Waals surface area contributed by atoms with Gasteiger partial charge in [0.15, 0.2) is 23.6 Å². The molecule has 0 radical (unpaired) electrons. The normalized spacial score (nSPS) is 17.6. The smallest absolute Gasteiger partial charge is 0.434 e. The zero-order valence-corrected chi connectivity index (χ0v) is 15.6. The fourth-order valence-electron chi connectivity index (χ4n) is 3.70. The molecule has 1 unspecified atom stereocenters. The summed E-state index contributed by atoms with van der Waals surface area (Å²) in [7, 11) is 0. The van der Waals surface area contributed by atoms with Gasteiger partial charge >= 0.3 is 6.18 Å². The van der Waals surface area contributed by atoms with Crippen molar-refractivity contribution in [3.05, 3.63) is 54.9 Å². The second kappa shape index (κ2) is 7.08. The average Bonchev–Trinajstić information content (AvgIpc) is 3.43. The van der Waals surface area contributed by atoms with Crippen LogP contribution < -0.4 is 4.90 Å². The molecule has 5 rings (SSSR count). The van der Waals surface area contributed by atoms with Crippen LogP contribution in [0, 0.1) is 0 Å². The van der Waals surface area contributed by atoms with Crippen LogP contribution in [0.1, 0.15) is 30.1 Å².